The molecule has 3 heteroatoms. The Kier molecular flexibility index (Phi) is 3.24. The molecule has 0 radical (unpaired) electrons. The lowest BCUT2D eigenvalue weighted by atomic mass is 9.73. The fraction of sp³-hybridized carbons (Fsp3) is 0.571. The number of ether oxygens (including phenoxy) is 1. The van der Waals surface area contributed by atoms with Crippen LogP contribution < -0.4 is 0 Å². The van der Waals surface area contributed by atoms with Crippen LogP contribution in [0.1, 0.15) is 18.4 Å². The van der Waals surface area contributed by atoms with Gasteiger partial charge in [0.25, 0.3) is 0 Å². The predicted molar refractivity (Wildman–Crippen MR) is 71.9 cm³/mol. The Morgan fingerprint density at radius 3 is 2.41 bits per heavy atom. The first-order chi connectivity index (χ1) is 8.26. The van der Waals surface area contributed by atoms with Crippen LogP contribution >= 0.6 is 15.9 Å². The molecule has 2 heterocycles. The highest BCUT2D eigenvalue weighted by molar-refractivity contribution is 9.10. The minimum atomic E-state index is 0.591. The van der Waals surface area contributed by atoms with Crippen molar-refractivity contribution in [3.63, 3.8) is 0 Å². The van der Waals surface area contributed by atoms with Gasteiger partial charge in [-0.05, 0) is 30.5 Å². The summed E-state index contributed by atoms with van der Waals surface area (Å²) in [7, 11) is 0. The molecule has 0 saturated carbocycles. The van der Waals surface area contributed by atoms with Crippen molar-refractivity contribution >= 4 is 15.9 Å². The summed E-state index contributed by atoms with van der Waals surface area (Å²) in [6.07, 6.45) is 2.51. The smallest absolute Gasteiger partial charge is 0.0472 e. The van der Waals surface area contributed by atoms with Gasteiger partial charge >= 0.3 is 0 Å². The molecule has 0 unspecified atom stereocenters. The maximum Gasteiger partial charge on any atom is 0.0472 e. The van der Waals surface area contributed by atoms with Gasteiger partial charge in [-0.3, -0.25) is 4.90 Å². The minimum absolute atomic E-state index is 0.591. The van der Waals surface area contributed by atoms with Crippen molar-refractivity contribution in [1.29, 1.82) is 0 Å². The van der Waals surface area contributed by atoms with Crippen molar-refractivity contribution in [2.45, 2.75) is 19.4 Å². The summed E-state index contributed by atoms with van der Waals surface area (Å²) in [6, 6.07) is 8.66. The summed E-state index contributed by atoms with van der Waals surface area (Å²) in [6.45, 7) is 5.53. The lowest BCUT2D eigenvalue weighted by Gasteiger charge is -2.52. The molecule has 0 aliphatic carbocycles. The maximum absolute atomic E-state index is 5.44. The van der Waals surface area contributed by atoms with E-state index in [-0.39, 0.29) is 0 Å². The fourth-order valence-electron chi connectivity index (χ4n) is 2.98. The molecule has 2 saturated heterocycles. The van der Waals surface area contributed by atoms with Gasteiger partial charge in [0.1, 0.15) is 0 Å². The quantitative estimate of drug-likeness (QED) is 0.831. The van der Waals surface area contributed by atoms with Crippen LogP contribution in [0.25, 0.3) is 0 Å². The molecule has 2 aliphatic rings. The monoisotopic (exact) mass is 295 g/mol. The first kappa shape index (κ1) is 11.7. The van der Waals surface area contributed by atoms with Gasteiger partial charge in [0, 0.05) is 42.7 Å². The lowest BCUT2D eigenvalue weighted by molar-refractivity contribution is -0.0839. The first-order valence-electron chi connectivity index (χ1n) is 6.30. The molecule has 2 fully saturated rings. The van der Waals surface area contributed by atoms with Crippen molar-refractivity contribution in [3.05, 3.63) is 34.3 Å². The molecule has 0 N–H and O–H groups in total. The zero-order valence-corrected chi connectivity index (χ0v) is 11.6. The average molecular weight is 296 g/mol. The molecule has 1 spiro atoms. The van der Waals surface area contributed by atoms with Gasteiger partial charge in [-0.1, -0.05) is 28.1 Å². The molecule has 17 heavy (non-hydrogen) atoms. The molecular weight excluding hydrogens is 278 g/mol. The van der Waals surface area contributed by atoms with Crippen molar-refractivity contribution < 1.29 is 4.74 Å². The Hall–Kier alpha value is -0.380. The Labute approximate surface area is 111 Å². The molecular formula is C14H18BrNO. The second-order valence-corrected chi connectivity index (χ2v) is 6.30. The summed E-state index contributed by atoms with van der Waals surface area (Å²) < 4.78 is 6.60. The van der Waals surface area contributed by atoms with Crippen molar-refractivity contribution in [2.24, 2.45) is 5.41 Å². The van der Waals surface area contributed by atoms with Crippen molar-refractivity contribution in [2.75, 3.05) is 26.3 Å². The molecule has 0 amide bonds. The van der Waals surface area contributed by atoms with Crippen LogP contribution in [-0.4, -0.2) is 31.2 Å². The standard InChI is InChI=1S/C14H18BrNO/c15-13-3-1-12(2-4-13)9-16-10-14(11-16)5-7-17-8-6-14/h1-4H,5-11H2. The largest absolute Gasteiger partial charge is 0.381 e. The van der Waals surface area contributed by atoms with E-state index in [0.29, 0.717) is 5.41 Å². The van der Waals surface area contributed by atoms with Crippen molar-refractivity contribution in [3.8, 4) is 0 Å². The van der Waals surface area contributed by atoms with Crippen LogP contribution in [0.4, 0.5) is 0 Å². The maximum atomic E-state index is 5.44. The zero-order chi connectivity index (χ0) is 11.7. The topological polar surface area (TPSA) is 12.5 Å². The van der Waals surface area contributed by atoms with Crippen LogP contribution in [0.2, 0.25) is 0 Å². The minimum Gasteiger partial charge on any atom is -0.381 e. The summed E-state index contributed by atoms with van der Waals surface area (Å²) in [4.78, 5) is 2.55. The molecule has 2 nitrogen and oxygen atoms in total. The second kappa shape index (κ2) is 4.71. The molecule has 0 atom stereocenters. The van der Waals surface area contributed by atoms with E-state index in [2.05, 4.69) is 45.1 Å². The van der Waals surface area contributed by atoms with Crippen molar-refractivity contribution in [1.82, 2.24) is 4.90 Å². The fourth-order valence-corrected chi connectivity index (χ4v) is 3.25. The molecule has 92 valence electrons. The number of nitrogens with zero attached hydrogens (tertiary/aromatic N) is 1. The Morgan fingerprint density at radius 2 is 1.76 bits per heavy atom. The average Bonchev–Trinajstić information content (AvgIpc) is 2.31. The van der Waals surface area contributed by atoms with E-state index in [4.69, 9.17) is 4.74 Å². The zero-order valence-electron chi connectivity index (χ0n) is 9.99. The third-order valence-electron chi connectivity index (χ3n) is 3.99. The van der Waals surface area contributed by atoms with Crippen LogP contribution in [0.15, 0.2) is 28.7 Å². The summed E-state index contributed by atoms with van der Waals surface area (Å²) >= 11 is 3.47. The summed E-state index contributed by atoms with van der Waals surface area (Å²) in [5.74, 6) is 0. The lowest BCUT2D eigenvalue weighted by Crippen LogP contribution is -2.57. The van der Waals surface area contributed by atoms with Gasteiger partial charge < -0.3 is 4.74 Å². The van der Waals surface area contributed by atoms with Crippen LogP contribution in [0.5, 0.6) is 0 Å². The van der Waals surface area contributed by atoms with Crippen LogP contribution in [-0.2, 0) is 11.3 Å². The molecule has 0 aromatic heterocycles. The predicted octanol–water partition coefficient (Wildman–Crippen LogP) is 3.06. The molecule has 1 aromatic rings. The number of halogens is 1. The van der Waals surface area contributed by atoms with Gasteiger partial charge in [0.15, 0.2) is 0 Å². The normalized spacial score (nSPS) is 23.6. The van der Waals surface area contributed by atoms with Crippen LogP contribution in [0.3, 0.4) is 0 Å². The van der Waals surface area contributed by atoms with E-state index in [1.165, 1.54) is 31.5 Å². The first-order valence-corrected chi connectivity index (χ1v) is 7.10. The summed E-state index contributed by atoms with van der Waals surface area (Å²) in [5.41, 5.74) is 2.00. The van der Waals surface area contributed by atoms with Crippen LogP contribution in [0, 0.1) is 5.41 Å². The second-order valence-electron chi connectivity index (χ2n) is 5.38. The highest BCUT2D eigenvalue weighted by Gasteiger charge is 2.43. The van der Waals surface area contributed by atoms with E-state index in [1.807, 2.05) is 0 Å². The van der Waals surface area contributed by atoms with E-state index >= 15 is 0 Å². The Balaban J connectivity index is 1.54. The number of rotatable bonds is 2. The number of hydrogen-bond donors (Lipinski definition) is 0. The number of hydrogen-bond acceptors (Lipinski definition) is 2. The van der Waals surface area contributed by atoms with Gasteiger partial charge in [-0.15, -0.1) is 0 Å². The number of likely N-dealkylation sites (tertiary alicyclic amines) is 1. The van der Waals surface area contributed by atoms with E-state index in [1.54, 1.807) is 0 Å². The SMILES string of the molecule is Brc1ccc(CN2CC3(CCOCC3)C2)cc1. The highest BCUT2D eigenvalue weighted by Crippen LogP contribution is 2.40. The third-order valence-corrected chi connectivity index (χ3v) is 4.52. The number of benzene rings is 1. The van der Waals surface area contributed by atoms with E-state index in [9.17, 15) is 0 Å². The summed E-state index contributed by atoms with van der Waals surface area (Å²) in [5, 5.41) is 0. The van der Waals surface area contributed by atoms with E-state index in [0.717, 1.165) is 24.2 Å². The molecule has 3 rings (SSSR count). The third kappa shape index (κ3) is 2.56. The molecule has 2 aliphatic heterocycles. The van der Waals surface area contributed by atoms with Gasteiger partial charge in [-0.2, -0.15) is 0 Å². The Morgan fingerprint density at radius 1 is 1.12 bits per heavy atom. The Bertz CT molecular complexity index is 376. The highest BCUT2D eigenvalue weighted by atomic mass is 79.9. The van der Waals surface area contributed by atoms with Gasteiger partial charge in [0.05, 0.1) is 0 Å². The van der Waals surface area contributed by atoms with Gasteiger partial charge in [-0.25, -0.2) is 0 Å². The molecule has 0 bridgehead atoms. The van der Waals surface area contributed by atoms with E-state index < -0.39 is 0 Å². The molecule has 1 aromatic carbocycles. The van der Waals surface area contributed by atoms with Gasteiger partial charge in [0.2, 0.25) is 0 Å².